The number of aliphatic carboxylic acids is 1. The van der Waals surface area contributed by atoms with Gasteiger partial charge in [0.2, 0.25) is 11.8 Å². The summed E-state index contributed by atoms with van der Waals surface area (Å²) in [4.78, 5) is 48.8. The molecule has 0 radical (unpaired) electrons. The minimum atomic E-state index is -0.986. The molecule has 1 aliphatic heterocycles. The number of aryl methyl sites for hydroxylation is 1. The summed E-state index contributed by atoms with van der Waals surface area (Å²) >= 11 is 0. The van der Waals surface area contributed by atoms with Crippen LogP contribution in [0.2, 0.25) is 0 Å². The van der Waals surface area contributed by atoms with Crippen molar-refractivity contribution in [1.82, 2.24) is 15.2 Å². The largest absolute Gasteiger partial charge is 0.481 e. The van der Waals surface area contributed by atoms with Gasteiger partial charge in [-0.05, 0) is 30.4 Å². The molecule has 0 aromatic carbocycles. The molecule has 0 saturated carbocycles. The molecule has 8 heteroatoms. The van der Waals surface area contributed by atoms with E-state index in [1.165, 1.54) is 6.92 Å². The van der Waals surface area contributed by atoms with Crippen LogP contribution in [-0.4, -0.2) is 45.3 Å². The van der Waals surface area contributed by atoms with Gasteiger partial charge in [0.1, 0.15) is 11.8 Å². The standard InChI is InChI=1S/C20H27N3O5/c1-10(2)17(21-11(3)24)19(26)22-14-5-4-12-6-7-23-9-13(20(27)28)8-15(25)16(14)18(12)23/h6-7,10,13-14,16-17H,4-5,8-9H2,1-3H3,(H,21,24)(H,22,26)(H,27,28)/t13-,14-,16?,17?/m0/s1. The predicted molar refractivity (Wildman–Crippen MR) is 101 cm³/mol. The Morgan fingerprint density at radius 3 is 2.61 bits per heavy atom. The fraction of sp³-hybridized carbons (Fsp3) is 0.600. The first-order chi connectivity index (χ1) is 13.2. The zero-order chi connectivity index (χ0) is 20.6. The zero-order valence-corrected chi connectivity index (χ0v) is 16.4. The number of Topliss-reactive ketones (excluding diaryl/α,β-unsaturated/α-hetero) is 1. The molecule has 0 saturated heterocycles. The number of carboxylic acid groups (broad SMARTS) is 1. The molecule has 1 aromatic rings. The van der Waals surface area contributed by atoms with Crippen LogP contribution in [0, 0.1) is 11.8 Å². The van der Waals surface area contributed by atoms with Gasteiger partial charge in [-0.2, -0.15) is 0 Å². The number of amides is 2. The summed E-state index contributed by atoms with van der Waals surface area (Å²) in [5.41, 5.74) is 1.86. The van der Waals surface area contributed by atoms with Crippen molar-refractivity contribution in [2.24, 2.45) is 11.8 Å². The molecule has 2 unspecified atom stereocenters. The molecule has 2 heterocycles. The minimum absolute atomic E-state index is 0.0488. The summed E-state index contributed by atoms with van der Waals surface area (Å²) in [6.45, 7) is 5.31. The van der Waals surface area contributed by atoms with E-state index in [0.29, 0.717) is 12.8 Å². The predicted octanol–water partition coefficient (Wildman–Crippen LogP) is 0.837. The van der Waals surface area contributed by atoms with Crippen molar-refractivity contribution in [1.29, 1.82) is 0 Å². The fourth-order valence-corrected chi connectivity index (χ4v) is 4.34. The van der Waals surface area contributed by atoms with Crippen molar-refractivity contribution in [3.05, 3.63) is 23.5 Å². The molecule has 152 valence electrons. The molecular weight excluding hydrogens is 362 g/mol. The lowest BCUT2D eigenvalue weighted by Crippen LogP contribution is -2.54. The van der Waals surface area contributed by atoms with E-state index in [1.54, 1.807) is 0 Å². The first-order valence-corrected chi connectivity index (χ1v) is 9.70. The highest BCUT2D eigenvalue weighted by molar-refractivity contribution is 5.92. The van der Waals surface area contributed by atoms with Gasteiger partial charge < -0.3 is 20.3 Å². The van der Waals surface area contributed by atoms with Crippen molar-refractivity contribution in [3.63, 3.8) is 0 Å². The Morgan fingerprint density at radius 1 is 1.29 bits per heavy atom. The van der Waals surface area contributed by atoms with E-state index in [1.807, 2.05) is 30.7 Å². The van der Waals surface area contributed by atoms with Crippen LogP contribution in [-0.2, 0) is 32.1 Å². The highest BCUT2D eigenvalue weighted by atomic mass is 16.4. The zero-order valence-electron chi connectivity index (χ0n) is 16.4. The highest BCUT2D eigenvalue weighted by Crippen LogP contribution is 2.38. The van der Waals surface area contributed by atoms with Gasteiger partial charge in [-0.1, -0.05) is 13.8 Å². The lowest BCUT2D eigenvalue weighted by molar-refractivity contribution is -0.144. The number of nitrogens with one attached hydrogen (secondary N) is 2. The number of rotatable bonds is 5. The van der Waals surface area contributed by atoms with Gasteiger partial charge in [0.15, 0.2) is 0 Å². The molecule has 0 fully saturated rings. The van der Waals surface area contributed by atoms with E-state index in [2.05, 4.69) is 10.6 Å². The Morgan fingerprint density at radius 2 is 2.00 bits per heavy atom. The van der Waals surface area contributed by atoms with Crippen molar-refractivity contribution < 1.29 is 24.3 Å². The van der Waals surface area contributed by atoms with Gasteiger partial charge >= 0.3 is 5.97 Å². The van der Waals surface area contributed by atoms with Gasteiger partial charge in [-0.3, -0.25) is 19.2 Å². The molecule has 3 N–H and O–H groups in total. The van der Waals surface area contributed by atoms with E-state index in [9.17, 15) is 24.3 Å². The van der Waals surface area contributed by atoms with Crippen LogP contribution in [0.1, 0.15) is 50.8 Å². The molecule has 0 spiro atoms. The second kappa shape index (κ2) is 7.77. The number of hydrogen-bond acceptors (Lipinski definition) is 4. The quantitative estimate of drug-likeness (QED) is 0.690. The van der Waals surface area contributed by atoms with Crippen molar-refractivity contribution in [2.75, 3.05) is 0 Å². The summed E-state index contributed by atoms with van der Waals surface area (Å²) in [6, 6.07) is 0.841. The van der Waals surface area contributed by atoms with Crippen molar-refractivity contribution in [2.45, 2.75) is 64.6 Å². The van der Waals surface area contributed by atoms with Gasteiger partial charge in [0, 0.05) is 37.8 Å². The van der Waals surface area contributed by atoms with E-state index in [-0.39, 0.29) is 36.5 Å². The summed E-state index contributed by atoms with van der Waals surface area (Å²) in [5.74, 6) is -3.18. The van der Waals surface area contributed by atoms with Crippen LogP contribution in [0.3, 0.4) is 0 Å². The minimum Gasteiger partial charge on any atom is -0.481 e. The average molecular weight is 389 g/mol. The van der Waals surface area contributed by atoms with E-state index >= 15 is 0 Å². The van der Waals surface area contributed by atoms with Crippen molar-refractivity contribution >= 4 is 23.6 Å². The Balaban J connectivity index is 1.87. The van der Waals surface area contributed by atoms with Gasteiger partial charge in [0.05, 0.1) is 11.8 Å². The maximum Gasteiger partial charge on any atom is 0.308 e. The monoisotopic (exact) mass is 389 g/mol. The molecule has 1 aromatic heterocycles. The van der Waals surface area contributed by atoms with Gasteiger partial charge in [-0.15, -0.1) is 0 Å². The molecule has 3 rings (SSSR count). The number of carbonyl (C=O) groups excluding carboxylic acids is 3. The summed E-state index contributed by atoms with van der Waals surface area (Å²) in [5, 5.41) is 15.1. The number of hydrogen-bond donors (Lipinski definition) is 3. The van der Waals surface area contributed by atoms with Crippen LogP contribution < -0.4 is 10.6 Å². The molecule has 28 heavy (non-hydrogen) atoms. The maximum atomic E-state index is 13.0. The normalized spacial score (nSPS) is 24.9. The van der Waals surface area contributed by atoms with E-state index < -0.39 is 29.9 Å². The Kier molecular flexibility index (Phi) is 5.58. The number of carboxylic acids is 1. The maximum absolute atomic E-state index is 13.0. The topological polar surface area (TPSA) is 118 Å². The second-order valence-corrected chi connectivity index (χ2v) is 8.14. The molecule has 2 amide bonds. The number of ketones is 1. The molecule has 0 bridgehead atoms. The Labute approximate surface area is 163 Å². The smallest absolute Gasteiger partial charge is 0.308 e. The van der Waals surface area contributed by atoms with Crippen LogP contribution in [0.15, 0.2) is 12.3 Å². The Hall–Kier alpha value is -2.64. The highest BCUT2D eigenvalue weighted by Gasteiger charge is 2.42. The molecule has 4 atom stereocenters. The molecular formula is C20H27N3O5. The van der Waals surface area contributed by atoms with Crippen LogP contribution in [0.5, 0.6) is 0 Å². The number of nitrogens with zero attached hydrogens (tertiary/aromatic N) is 1. The van der Waals surface area contributed by atoms with Crippen LogP contribution >= 0.6 is 0 Å². The third kappa shape index (κ3) is 3.81. The first-order valence-electron chi connectivity index (χ1n) is 9.70. The second-order valence-electron chi connectivity index (χ2n) is 8.14. The van der Waals surface area contributed by atoms with Crippen LogP contribution in [0.25, 0.3) is 0 Å². The SMILES string of the molecule is CC(=O)NC(C(=O)N[C@H]1CCc2ccn3c2C1C(=O)C[C@H](C(=O)O)C3)C(C)C. The van der Waals surface area contributed by atoms with Crippen molar-refractivity contribution in [3.8, 4) is 0 Å². The van der Waals surface area contributed by atoms with E-state index in [4.69, 9.17) is 0 Å². The van der Waals surface area contributed by atoms with Gasteiger partial charge in [-0.25, -0.2) is 0 Å². The third-order valence-corrected chi connectivity index (χ3v) is 5.71. The lowest BCUT2D eigenvalue weighted by Gasteiger charge is -2.33. The molecule has 1 aliphatic carbocycles. The fourth-order valence-electron chi connectivity index (χ4n) is 4.34. The summed E-state index contributed by atoms with van der Waals surface area (Å²) in [6.07, 6.45) is 3.10. The molecule has 2 aliphatic rings. The first kappa shape index (κ1) is 20.1. The average Bonchev–Trinajstić information content (AvgIpc) is 2.93. The summed E-state index contributed by atoms with van der Waals surface area (Å²) < 4.78 is 1.86. The number of carbonyl (C=O) groups is 4. The van der Waals surface area contributed by atoms with Gasteiger partial charge in [0.25, 0.3) is 0 Å². The van der Waals surface area contributed by atoms with E-state index in [0.717, 1.165) is 11.3 Å². The lowest BCUT2D eigenvalue weighted by atomic mass is 9.79. The number of aromatic nitrogens is 1. The van der Waals surface area contributed by atoms with Crippen LogP contribution in [0.4, 0.5) is 0 Å². The summed E-state index contributed by atoms with van der Waals surface area (Å²) in [7, 11) is 0. The molecule has 8 nitrogen and oxygen atoms in total. The third-order valence-electron chi connectivity index (χ3n) is 5.71. The Bertz CT molecular complexity index is 813.